The average Bonchev–Trinajstić information content (AvgIpc) is 3.17. The maximum atomic E-state index is 12.5. The van der Waals surface area contributed by atoms with Gasteiger partial charge in [-0.05, 0) is 44.0 Å². The van der Waals surface area contributed by atoms with Crippen LogP contribution in [0.5, 0.6) is 0 Å². The molecule has 0 aromatic carbocycles. The van der Waals surface area contributed by atoms with Crippen LogP contribution >= 0.6 is 11.3 Å². The number of nitrogens with one attached hydrogen (secondary N) is 1. The Morgan fingerprint density at radius 1 is 1.31 bits per heavy atom. The van der Waals surface area contributed by atoms with Crippen molar-refractivity contribution in [1.82, 2.24) is 9.38 Å². The Labute approximate surface area is 155 Å². The van der Waals surface area contributed by atoms with Crippen molar-refractivity contribution in [2.45, 2.75) is 33.6 Å². The number of imidazole rings is 1. The van der Waals surface area contributed by atoms with E-state index in [4.69, 9.17) is 4.74 Å². The monoisotopic (exact) mass is 371 g/mol. The molecule has 0 atom stereocenters. The fourth-order valence-corrected chi connectivity index (χ4v) is 3.63. The number of aryl methyl sites for hydroxylation is 2. The van der Waals surface area contributed by atoms with Crippen molar-refractivity contribution in [3.8, 4) is 0 Å². The van der Waals surface area contributed by atoms with Crippen molar-refractivity contribution >= 4 is 33.9 Å². The number of pyridine rings is 1. The Morgan fingerprint density at radius 3 is 2.85 bits per heavy atom. The molecular formula is C19H21N3O3S. The van der Waals surface area contributed by atoms with Crippen molar-refractivity contribution in [3.63, 3.8) is 0 Å². The van der Waals surface area contributed by atoms with Crippen molar-refractivity contribution in [2.24, 2.45) is 0 Å². The van der Waals surface area contributed by atoms with Crippen molar-refractivity contribution < 1.29 is 14.3 Å². The summed E-state index contributed by atoms with van der Waals surface area (Å²) < 4.78 is 6.97. The number of thiophene rings is 1. The lowest BCUT2D eigenvalue weighted by molar-refractivity contribution is -0.115. The molecule has 3 heterocycles. The van der Waals surface area contributed by atoms with E-state index in [1.54, 1.807) is 13.0 Å². The number of anilines is 1. The number of fused-ring (bicyclic) bond motifs is 1. The lowest BCUT2D eigenvalue weighted by Crippen LogP contribution is -2.16. The van der Waals surface area contributed by atoms with E-state index in [-0.39, 0.29) is 12.3 Å². The van der Waals surface area contributed by atoms with E-state index in [0.717, 1.165) is 22.5 Å². The summed E-state index contributed by atoms with van der Waals surface area (Å²) in [5.74, 6) is -0.623. The largest absolute Gasteiger partial charge is 0.462 e. The van der Waals surface area contributed by atoms with Crippen LogP contribution in [-0.2, 0) is 22.4 Å². The quantitative estimate of drug-likeness (QED) is 0.672. The number of hydrogen-bond donors (Lipinski definition) is 1. The summed E-state index contributed by atoms with van der Waals surface area (Å²) in [7, 11) is 0. The van der Waals surface area contributed by atoms with Gasteiger partial charge in [0.1, 0.15) is 10.6 Å². The molecule has 7 heteroatoms. The van der Waals surface area contributed by atoms with Gasteiger partial charge in [-0.15, -0.1) is 11.3 Å². The second-order valence-corrected chi connectivity index (χ2v) is 7.09. The summed E-state index contributed by atoms with van der Waals surface area (Å²) >= 11 is 1.40. The van der Waals surface area contributed by atoms with Crippen LogP contribution in [0.1, 0.15) is 40.3 Å². The molecule has 136 valence electrons. The summed E-state index contributed by atoms with van der Waals surface area (Å²) in [5.41, 5.74) is 3.01. The minimum atomic E-state index is -0.415. The Bertz CT molecular complexity index is 958. The topological polar surface area (TPSA) is 72.7 Å². The molecule has 1 N–H and O–H groups in total. The lowest BCUT2D eigenvalue weighted by Gasteiger charge is -2.05. The predicted molar refractivity (Wildman–Crippen MR) is 102 cm³/mol. The first-order chi connectivity index (χ1) is 12.5. The Hall–Kier alpha value is -2.67. The van der Waals surface area contributed by atoms with E-state index in [1.165, 1.54) is 11.3 Å². The number of nitrogens with zero attached hydrogens (tertiary/aromatic N) is 2. The average molecular weight is 371 g/mol. The normalized spacial score (nSPS) is 10.9. The molecule has 0 fully saturated rings. The molecule has 0 aliphatic rings. The Kier molecular flexibility index (Phi) is 5.37. The zero-order valence-electron chi connectivity index (χ0n) is 15.0. The van der Waals surface area contributed by atoms with Gasteiger partial charge in [0.2, 0.25) is 5.91 Å². The zero-order chi connectivity index (χ0) is 18.7. The number of hydrogen-bond acceptors (Lipinski definition) is 5. The van der Waals surface area contributed by atoms with Crippen LogP contribution in [0.3, 0.4) is 0 Å². The third kappa shape index (κ3) is 3.94. The number of ether oxygens (including phenoxy) is 1. The molecule has 0 saturated carbocycles. The first kappa shape index (κ1) is 18.1. The van der Waals surface area contributed by atoms with Gasteiger partial charge in [-0.3, -0.25) is 4.79 Å². The number of carbonyl (C=O) groups is 2. The van der Waals surface area contributed by atoms with E-state index in [9.17, 15) is 9.59 Å². The van der Waals surface area contributed by atoms with Crippen molar-refractivity contribution in [3.05, 3.63) is 52.3 Å². The molecule has 3 aromatic rings. The highest BCUT2D eigenvalue weighted by molar-refractivity contribution is 7.16. The van der Waals surface area contributed by atoms with Gasteiger partial charge in [-0.1, -0.05) is 6.92 Å². The van der Waals surface area contributed by atoms with Gasteiger partial charge in [0.05, 0.1) is 24.3 Å². The summed E-state index contributed by atoms with van der Waals surface area (Å²) in [6, 6.07) is 5.74. The van der Waals surface area contributed by atoms with E-state index < -0.39 is 5.97 Å². The SMILES string of the molecule is CCOC(=O)c1cc(CC)sc1NC(=O)Cc1cn2ccc(C)cc2n1. The van der Waals surface area contributed by atoms with Crippen LogP contribution < -0.4 is 5.32 Å². The standard InChI is InChI=1S/C19H21N3O3S/c1-4-14-10-15(19(24)25-5-2)18(26-14)21-17(23)9-13-11-22-7-6-12(3)8-16(22)20-13/h6-8,10-11H,4-5,9H2,1-3H3,(H,21,23). The fraction of sp³-hybridized carbons (Fsp3) is 0.316. The van der Waals surface area contributed by atoms with E-state index in [1.807, 2.05) is 42.8 Å². The lowest BCUT2D eigenvalue weighted by atomic mass is 10.2. The number of rotatable bonds is 6. The summed E-state index contributed by atoms with van der Waals surface area (Å²) in [6.07, 6.45) is 4.69. The van der Waals surface area contributed by atoms with Crippen molar-refractivity contribution in [1.29, 1.82) is 0 Å². The molecule has 0 spiro atoms. The molecule has 3 rings (SSSR count). The molecule has 6 nitrogen and oxygen atoms in total. The first-order valence-electron chi connectivity index (χ1n) is 8.54. The van der Waals surface area contributed by atoms with Gasteiger partial charge in [-0.25, -0.2) is 9.78 Å². The van der Waals surface area contributed by atoms with Crippen LogP contribution in [0, 0.1) is 6.92 Å². The van der Waals surface area contributed by atoms with Gasteiger partial charge < -0.3 is 14.5 Å². The third-order valence-corrected chi connectivity index (χ3v) is 5.08. The molecule has 0 unspecified atom stereocenters. The number of carbonyl (C=O) groups excluding carboxylic acids is 2. The molecule has 26 heavy (non-hydrogen) atoms. The molecule has 0 aliphatic heterocycles. The highest BCUT2D eigenvalue weighted by Gasteiger charge is 2.19. The van der Waals surface area contributed by atoms with E-state index >= 15 is 0 Å². The predicted octanol–water partition coefficient (Wildman–Crippen LogP) is 3.62. The van der Waals surface area contributed by atoms with Gasteiger partial charge in [0.15, 0.2) is 0 Å². The van der Waals surface area contributed by atoms with Crippen LogP contribution in [0.15, 0.2) is 30.6 Å². The first-order valence-corrected chi connectivity index (χ1v) is 9.35. The molecule has 0 aliphatic carbocycles. The van der Waals surface area contributed by atoms with Crippen LogP contribution in [-0.4, -0.2) is 27.9 Å². The number of esters is 1. The third-order valence-electron chi connectivity index (χ3n) is 3.89. The van der Waals surface area contributed by atoms with Crippen molar-refractivity contribution in [2.75, 3.05) is 11.9 Å². The van der Waals surface area contributed by atoms with Gasteiger partial charge in [-0.2, -0.15) is 0 Å². The maximum absolute atomic E-state index is 12.5. The van der Waals surface area contributed by atoms with Gasteiger partial charge in [0.25, 0.3) is 0 Å². The summed E-state index contributed by atoms with van der Waals surface area (Å²) in [5, 5.41) is 3.37. The minimum Gasteiger partial charge on any atom is -0.462 e. The zero-order valence-corrected chi connectivity index (χ0v) is 15.9. The second-order valence-electron chi connectivity index (χ2n) is 5.96. The fourth-order valence-electron chi connectivity index (χ4n) is 2.63. The highest BCUT2D eigenvalue weighted by atomic mass is 32.1. The summed E-state index contributed by atoms with van der Waals surface area (Å²) in [6.45, 7) is 6.06. The smallest absolute Gasteiger partial charge is 0.341 e. The minimum absolute atomic E-state index is 0.141. The Morgan fingerprint density at radius 2 is 2.12 bits per heavy atom. The Balaban J connectivity index is 1.76. The van der Waals surface area contributed by atoms with Crippen LogP contribution in [0.2, 0.25) is 0 Å². The number of aromatic nitrogens is 2. The van der Waals surface area contributed by atoms with Crippen LogP contribution in [0.25, 0.3) is 5.65 Å². The van der Waals surface area contributed by atoms with Crippen LogP contribution in [0.4, 0.5) is 5.00 Å². The van der Waals surface area contributed by atoms with Gasteiger partial charge >= 0.3 is 5.97 Å². The van der Waals surface area contributed by atoms with Gasteiger partial charge in [0, 0.05) is 17.3 Å². The van der Waals surface area contributed by atoms with E-state index in [0.29, 0.717) is 22.9 Å². The molecule has 0 radical (unpaired) electrons. The molecule has 3 aromatic heterocycles. The molecule has 1 amide bonds. The molecular weight excluding hydrogens is 350 g/mol. The molecule has 0 bridgehead atoms. The maximum Gasteiger partial charge on any atom is 0.341 e. The second kappa shape index (κ2) is 7.70. The molecule has 0 saturated heterocycles. The number of amides is 1. The van der Waals surface area contributed by atoms with E-state index in [2.05, 4.69) is 10.3 Å². The highest BCUT2D eigenvalue weighted by Crippen LogP contribution is 2.29. The summed E-state index contributed by atoms with van der Waals surface area (Å²) in [4.78, 5) is 30.0.